The molecular weight excluding hydrogens is 336 g/mol. The fourth-order valence-corrected chi connectivity index (χ4v) is 4.05. The van der Waals surface area contributed by atoms with Crippen molar-refractivity contribution >= 4 is 29.0 Å². The van der Waals surface area contributed by atoms with Crippen molar-refractivity contribution in [3.05, 3.63) is 23.8 Å². The standard InChI is InChI=1S/C19H28N2O3S/c1-14-12-16(21-7-10-25-11-8-21)5-6-18(14)20-19(22)15(2)24-13-17-4-3-9-23-17/h5-6,12,15,17H,3-4,7-11,13H2,1-2H3,(H,20,22)/t15-,17-/m0/s1. The van der Waals surface area contributed by atoms with Crippen LogP contribution in [-0.4, -0.2) is 55.9 Å². The van der Waals surface area contributed by atoms with Crippen LogP contribution in [0.15, 0.2) is 18.2 Å². The lowest BCUT2D eigenvalue weighted by molar-refractivity contribution is -0.128. The van der Waals surface area contributed by atoms with E-state index >= 15 is 0 Å². The largest absolute Gasteiger partial charge is 0.376 e. The highest BCUT2D eigenvalue weighted by molar-refractivity contribution is 7.99. The molecule has 1 aromatic rings. The number of ether oxygens (including phenoxy) is 2. The topological polar surface area (TPSA) is 50.8 Å². The summed E-state index contributed by atoms with van der Waals surface area (Å²) in [6.45, 7) is 7.29. The average molecular weight is 365 g/mol. The normalized spacial score (nSPS) is 22.0. The van der Waals surface area contributed by atoms with Gasteiger partial charge in [0, 0.05) is 42.6 Å². The van der Waals surface area contributed by atoms with Gasteiger partial charge >= 0.3 is 0 Å². The fourth-order valence-electron chi connectivity index (χ4n) is 3.14. The molecule has 0 aliphatic carbocycles. The Morgan fingerprint density at radius 3 is 2.92 bits per heavy atom. The second kappa shape index (κ2) is 8.92. The Balaban J connectivity index is 1.53. The highest BCUT2D eigenvalue weighted by Crippen LogP contribution is 2.25. The van der Waals surface area contributed by atoms with E-state index in [0.717, 1.165) is 43.8 Å². The Hall–Kier alpha value is -1.24. The van der Waals surface area contributed by atoms with Crippen molar-refractivity contribution in [2.45, 2.75) is 38.9 Å². The molecule has 2 saturated heterocycles. The molecule has 1 aromatic carbocycles. The van der Waals surface area contributed by atoms with E-state index in [-0.39, 0.29) is 12.0 Å². The number of anilines is 2. The highest BCUT2D eigenvalue weighted by atomic mass is 32.2. The first-order valence-corrected chi connectivity index (χ1v) is 10.3. The Morgan fingerprint density at radius 1 is 1.44 bits per heavy atom. The van der Waals surface area contributed by atoms with Gasteiger partial charge < -0.3 is 19.7 Å². The molecule has 25 heavy (non-hydrogen) atoms. The van der Waals surface area contributed by atoms with E-state index in [4.69, 9.17) is 9.47 Å². The first kappa shape index (κ1) is 18.5. The van der Waals surface area contributed by atoms with Crippen LogP contribution in [0, 0.1) is 6.92 Å². The van der Waals surface area contributed by atoms with Crippen LogP contribution in [0.3, 0.4) is 0 Å². The Bertz CT molecular complexity index is 584. The fraction of sp³-hybridized carbons (Fsp3) is 0.632. The number of benzene rings is 1. The molecule has 0 radical (unpaired) electrons. The molecule has 5 nitrogen and oxygen atoms in total. The molecule has 1 amide bonds. The molecule has 0 bridgehead atoms. The number of hydrogen-bond donors (Lipinski definition) is 1. The molecule has 0 unspecified atom stereocenters. The average Bonchev–Trinajstić information content (AvgIpc) is 3.15. The van der Waals surface area contributed by atoms with Gasteiger partial charge in [-0.05, 0) is 50.5 Å². The van der Waals surface area contributed by atoms with E-state index in [1.807, 2.05) is 24.8 Å². The third kappa shape index (κ3) is 5.12. The quantitative estimate of drug-likeness (QED) is 0.841. The van der Waals surface area contributed by atoms with E-state index in [1.54, 1.807) is 6.92 Å². The highest BCUT2D eigenvalue weighted by Gasteiger charge is 2.20. The minimum atomic E-state index is -0.484. The van der Waals surface area contributed by atoms with Crippen molar-refractivity contribution in [1.29, 1.82) is 0 Å². The maximum Gasteiger partial charge on any atom is 0.253 e. The second-order valence-corrected chi connectivity index (χ2v) is 7.92. The van der Waals surface area contributed by atoms with E-state index in [9.17, 15) is 4.79 Å². The van der Waals surface area contributed by atoms with Crippen molar-refractivity contribution in [2.75, 3.05) is 48.0 Å². The molecule has 0 saturated carbocycles. The Morgan fingerprint density at radius 2 is 2.24 bits per heavy atom. The third-order valence-corrected chi connectivity index (χ3v) is 5.71. The summed E-state index contributed by atoms with van der Waals surface area (Å²) in [5.74, 6) is 2.25. The molecule has 138 valence electrons. The predicted octanol–water partition coefficient (Wildman–Crippen LogP) is 3.07. The molecule has 2 aliphatic rings. The molecule has 2 atom stereocenters. The molecule has 3 rings (SSSR count). The number of carbonyl (C=O) groups excluding carboxylic acids is 1. The summed E-state index contributed by atoms with van der Waals surface area (Å²) < 4.78 is 11.2. The summed E-state index contributed by atoms with van der Waals surface area (Å²) in [5, 5.41) is 2.99. The van der Waals surface area contributed by atoms with Crippen LogP contribution in [0.25, 0.3) is 0 Å². The molecule has 2 heterocycles. The van der Waals surface area contributed by atoms with Gasteiger partial charge in [0.25, 0.3) is 5.91 Å². The van der Waals surface area contributed by atoms with Crippen LogP contribution in [-0.2, 0) is 14.3 Å². The van der Waals surface area contributed by atoms with Gasteiger partial charge in [0.1, 0.15) is 6.10 Å². The van der Waals surface area contributed by atoms with Crippen molar-refractivity contribution < 1.29 is 14.3 Å². The second-order valence-electron chi connectivity index (χ2n) is 6.70. The lowest BCUT2D eigenvalue weighted by Crippen LogP contribution is -2.32. The first-order chi connectivity index (χ1) is 12.1. The van der Waals surface area contributed by atoms with Crippen LogP contribution in [0.1, 0.15) is 25.3 Å². The SMILES string of the molecule is Cc1cc(N2CCSCC2)ccc1NC(=O)[C@H](C)OC[C@@H]1CCCO1. The number of thioether (sulfide) groups is 1. The van der Waals surface area contributed by atoms with Crippen LogP contribution in [0.2, 0.25) is 0 Å². The van der Waals surface area contributed by atoms with Crippen LogP contribution in [0.5, 0.6) is 0 Å². The van der Waals surface area contributed by atoms with Crippen molar-refractivity contribution in [1.82, 2.24) is 0 Å². The van der Waals surface area contributed by atoms with Gasteiger partial charge in [-0.1, -0.05) is 0 Å². The lowest BCUT2D eigenvalue weighted by Gasteiger charge is -2.29. The zero-order valence-corrected chi connectivity index (χ0v) is 15.9. The van der Waals surface area contributed by atoms with Crippen LogP contribution in [0.4, 0.5) is 11.4 Å². The summed E-state index contributed by atoms with van der Waals surface area (Å²) >= 11 is 2.00. The summed E-state index contributed by atoms with van der Waals surface area (Å²) in [4.78, 5) is 14.8. The number of amides is 1. The number of rotatable bonds is 6. The number of nitrogens with one attached hydrogen (secondary N) is 1. The maximum atomic E-state index is 12.4. The molecule has 1 N–H and O–H groups in total. The molecule has 6 heteroatoms. The van der Waals surface area contributed by atoms with Gasteiger partial charge in [-0.15, -0.1) is 0 Å². The number of carbonyl (C=O) groups is 1. The van der Waals surface area contributed by atoms with E-state index in [0.29, 0.717) is 6.61 Å². The zero-order valence-electron chi connectivity index (χ0n) is 15.1. The monoisotopic (exact) mass is 364 g/mol. The van der Waals surface area contributed by atoms with Crippen LogP contribution < -0.4 is 10.2 Å². The third-order valence-electron chi connectivity index (χ3n) is 4.77. The lowest BCUT2D eigenvalue weighted by atomic mass is 10.1. The van der Waals surface area contributed by atoms with Crippen molar-refractivity contribution in [2.24, 2.45) is 0 Å². The number of nitrogens with zero attached hydrogens (tertiary/aromatic N) is 1. The summed E-state index contributed by atoms with van der Waals surface area (Å²) in [6.07, 6.45) is 1.75. The van der Waals surface area contributed by atoms with Crippen LogP contribution >= 0.6 is 11.8 Å². The Kier molecular flexibility index (Phi) is 6.62. The van der Waals surface area contributed by atoms with Gasteiger partial charge in [-0.25, -0.2) is 0 Å². The van der Waals surface area contributed by atoms with Gasteiger partial charge in [0.05, 0.1) is 12.7 Å². The predicted molar refractivity (Wildman–Crippen MR) is 104 cm³/mol. The van der Waals surface area contributed by atoms with E-state index in [1.165, 1.54) is 17.2 Å². The zero-order chi connectivity index (χ0) is 17.6. The van der Waals surface area contributed by atoms with Crippen molar-refractivity contribution in [3.8, 4) is 0 Å². The molecular formula is C19H28N2O3S. The molecule has 2 fully saturated rings. The summed E-state index contributed by atoms with van der Waals surface area (Å²) in [6, 6.07) is 6.25. The van der Waals surface area contributed by atoms with Gasteiger partial charge in [0.15, 0.2) is 0 Å². The maximum absolute atomic E-state index is 12.4. The number of hydrogen-bond acceptors (Lipinski definition) is 5. The first-order valence-electron chi connectivity index (χ1n) is 9.11. The summed E-state index contributed by atoms with van der Waals surface area (Å²) in [5.41, 5.74) is 3.17. The van der Waals surface area contributed by atoms with Gasteiger partial charge in [0.2, 0.25) is 0 Å². The smallest absolute Gasteiger partial charge is 0.253 e. The Labute approximate surface area is 154 Å². The number of aryl methyl sites for hydroxylation is 1. The molecule has 2 aliphatic heterocycles. The minimum Gasteiger partial charge on any atom is -0.376 e. The molecule has 0 aromatic heterocycles. The van der Waals surface area contributed by atoms with Crippen molar-refractivity contribution in [3.63, 3.8) is 0 Å². The summed E-state index contributed by atoms with van der Waals surface area (Å²) in [7, 11) is 0. The molecule has 0 spiro atoms. The minimum absolute atomic E-state index is 0.108. The van der Waals surface area contributed by atoms with E-state index < -0.39 is 6.10 Å². The van der Waals surface area contributed by atoms with Gasteiger partial charge in [-0.2, -0.15) is 11.8 Å². The van der Waals surface area contributed by atoms with Gasteiger partial charge in [-0.3, -0.25) is 4.79 Å². The van der Waals surface area contributed by atoms with E-state index in [2.05, 4.69) is 22.3 Å².